The summed E-state index contributed by atoms with van der Waals surface area (Å²) in [5.41, 5.74) is 3.26. The van der Waals surface area contributed by atoms with Crippen molar-refractivity contribution >= 4 is 11.8 Å². The van der Waals surface area contributed by atoms with Crippen LogP contribution in [0.15, 0.2) is 40.7 Å². The second-order valence-electron chi connectivity index (χ2n) is 10.0. The second-order valence-corrected chi connectivity index (χ2v) is 10.0. The van der Waals surface area contributed by atoms with Crippen molar-refractivity contribution in [2.45, 2.75) is 77.7 Å². The number of carbonyl (C=O) groups is 2. The van der Waals surface area contributed by atoms with Crippen LogP contribution in [0.3, 0.4) is 0 Å². The van der Waals surface area contributed by atoms with Gasteiger partial charge in [0.15, 0.2) is 17.3 Å². The number of rotatable bonds is 4. The Morgan fingerprint density at radius 3 is 2.56 bits per heavy atom. The fourth-order valence-corrected chi connectivity index (χ4v) is 5.31. The number of hydrogen-bond donors (Lipinski definition) is 2. The summed E-state index contributed by atoms with van der Waals surface area (Å²) in [5.74, 6) is -0.563. The van der Waals surface area contributed by atoms with Crippen LogP contribution in [0.5, 0.6) is 11.5 Å². The van der Waals surface area contributed by atoms with Crippen molar-refractivity contribution in [3.05, 3.63) is 46.3 Å². The highest BCUT2D eigenvalue weighted by atomic mass is 16.5. The summed E-state index contributed by atoms with van der Waals surface area (Å²) in [6.07, 6.45) is 6.13. The summed E-state index contributed by atoms with van der Waals surface area (Å²) >= 11 is 0. The normalized spacial score (nSPS) is 23.5. The van der Waals surface area contributed by atoms with Gasteiger partial charge in [0.05, 0.1) is 12.7 Å². The maximum atomic E-state index is 13.5. The number of methoxy groups -OCH3 is 1. The monoisotopic (exact) mass is 439 g/mol. The van der Waals surface area contributed by atoms with Crippen molar-refractivity contribution in [3.8, 4) is 11.5 Å². The molecule has 0 amide bonds. The lowest BCUT2D eigenvalue weighted by Crippen LogP contribution is -2.39. The number of allylic oxidation sites excluding steroid dienone is 3. The lowest BCUT2D eigenvalue weighted by Gasteiger charge is -2.39. The third-order valence-electron chi connectivity index (χ3n) is 6.82. The van der Waals surface area contributed by atoms with E-state index in [2.05, 4.69) is 19.2 Å². The minimum Gasteiger partial charge on any atom is -0.504 e. The molecule has 1 aromatic rings. The van der Waals surface area contributed by atoms with Crippen LogP contribution in [0, 0.1) is 5.41 Å². The van der Waals surface area contributed by atoms with Gasteiger partial charge in [0.25, 0.3) is 0 Å². The molecule has 32 heavy (non-hydrogen) atoms. The number of hydrogen-bond acceptors (Lipinski definition) is 6. The first-order chi connectivity index (χ1) is 15.2. The summed E-state index contributed by atoms with van der Waals surface area (Å²) in [7, 11) is 1.49. The number of nitrogens with one attached hydrogen (secondary N) is 1. The van der Waals surface area contributed by atoms with Gasteiger partial charge in [-0.25, -0.2) is 4.79 Å². The maximum Gasteiger partial charge on any atom is 0.337 e. The van der Waals surface area contributed by atoms with Crippen molar-refractivity contribution in [2.75, 3.05) is 7.11 Å². The number of esters is 1. The molecule has 4 rings (SSSR count). The smallest absolute Gasteiger partial charge is 0.337 e. The average Bonchev–Trinajstić information content (AvgIpc) is 2.72. The van der Waals surface area contributed by atoms with Gasteiger partial charge in [-0.3, -0.25) is 4.79 Å². The van der Waals surface area contributed by atoms with Crippen LogP contribution in [0.4, 0.5) is 0 Å². The molecule has 1 aromatic carbocycles. The number of phenols is 1. The third kappa shape index (κ3) is 4.27. The molecular formula is C26H33NO5. The van der Waals surface area contributed by atoms with Gasteiger partial charge in [0.1, 0.15) is 6.10 Å². The molecular weight excluding hydrogens is 406 g/mol. The molecule has 0 radical (unpaired) electrons. The number of ketones is 1. The van der Waals surface area contributed by atoms with Gasteiger partial charge in [-0.2, -0.15) is 0 Å². The Morgan fingerprint density at radius 1 is 1.16 bits per heavy atom. The van der Waals surface area contributed by atoms with E-state index >= 15 is 0 Å². The fourth-order valence-electron chi connectivity index (χ4n) is 5.31. The van der Waals surface area contributed by atoms with Crippen molar-refractivity contribution in [2.24, 2.45) is 5.41 Å². The van der Waals surface area contributed by atoms with E-state index in [0.717, 1.165) is 43.4 Å². The van der Waals surface area contributed by atoms with Crippen molar-refractivity contribution in [1.82, 2.24) is 5.32 Å². The lowest BCUT2D eigenvalue weighted by molar-refractivity contribution is -0.146. The van der Waals surface area contributed by atoms with Crippen molar-refractivity contribution in [3.63, 3.8) is 0 Å². The second kappa shape index (κ2) is 8.64. The van der Waals surface area contributed by atoms with E-state index in [1.54, 1.807) is 18.2 Å². The quantitative estimate of drug-likeness (QED) is 0.651. The summed E-state index contributed by atoms with van der Waals surface area (Å²) in [6, 6.07) is 5.02. The summed E-state index contributed by atoms with van der Waals surface area (Å²) < 4.78 is 11.3. The molecule has 1 saturated carbocycles. The highest BCUT2D eigenvalue weighted by Gasteiger charge is 2.43. The fraction of sp³-hybridized carbons (Fsp3) is 0.538. The van der Waals surface area contributed by atoms with Gasteiger partial charge in [-0.15, -0.1) is 0 Å². The average molecular weight is 440 g/mol. The number of carbonyl (C=O) groups excluding carboxylic acids is 2. The van der Waals surface area contributed by atoms with Crippen LogP contribution in [0.2, 0.25) is 0 Å². The lowest BCUT2D eigenvalue weighted by atomic mass is 9.68. The molecule has 1 heterocycles. The molecule has 0 aromatic heterocycles. The van der Waals surface area contributed by atoms with Gasteiger partial charge in [0, 0.05) is 29.3 Å². The molecule has 0 unspecified atom stereocenters. The SMILES string of the molecule is COc1cc([C@H]2C(C(=O)OC3CCCCC3)=C(C)NC3=C2C(=O)CC(C)(C)C3)ccc1O. The van der Waals surface area contributed by atoms with Crippen LogP contribution >= 0.6 is 0 Å². The molecule has 6 heteroatoms. The molecule has 3 aliphatic rings. The van der Waals surface area contributed by atoms with E-state index in [-0.39, 0.29) is 29.0 Å². The van der Waals surface area contributed by atoms with E-state index < -0.39 is 5.92 Å². The highest BCUT2D eigenvalue weighted by Crippen LogP contribution is 2.48. The molecule has 0 spiro atoms. The van der Waals surface area contributed by atoms with Crippen molar-refractivity contribution in [1.29, 1.82) is 0 Å². The van der Waals surface area contributed by atoms with Gasteiger partial charge < -0.3 is 19.9 Å². The highest BCUT2D eigenvalue weighted by molar-refractivity contribution is 6.04. The van der Waals surface area contributed by atoms with Gasteiger partial charge in [0.2, 0.25) is 0 Å². The minimum atomic E-state index is -0.555. The van der Waals surface area contributed by atoms with Gasteiger partial charge in [-0.1, -0.05) is 26.3 Å². The van der Waals surface area contributed by atoms with Crippen molar-refractivity contribution < 1.29 is 24.2 Å². The molecule has 1 atom stereocenters. The predicted octanol–water partition coefficient (Wildman–Crippen LogP) is 4.88. The molecule has 2 aliphatic carbocycles. The summed E-state index contributed by atoms with van der Waals surface area (Å²) in [6.45, 7) is 6.04. The molecule has 1 fully saturated rings. The van der Waals surface area contributed by atoms with E-state index in [9.17, 15) is 14.7 Å². The Bertz CT molecular complexity index is 997. The topological polar surface area (TPSA) is 84.9 Å². The van der Waals surface area contributed by atoms with E-state index in [4.69, 9.17) is 9.47 Å². The first kappa shape index (κ1) is 22.4. The predicted molar refractivity (Wildman–Crippen MR) is 121 cm³/mol. The first-order valence-electron chi connectivity index (χ1n) is 11.5. The molecule has 172 valence electrons. The first-order valence-corrected chi connectivity index (χ1v) is 11.5. The number of phenolic OH excluding ortho intramolecular Hbond substituents is 1. The van der Waals surface area contributed by atoms with Crippen LogP contribution in [-0.2, 0) is 14.3 Å². The van der Waals surface area contributed by atoms with Crippen LogP contribution < -0.4 is 10.1 Å². The number of benzene rings is 1. The minimum absolute atomic E-state index is 0.0162. The Labute approximate surface area is 189 Å². The number of Topliss-reactive ketones (excluding diaryl/α,β-unsaturated/α-hetero) is 1. The molecule has 1 aliphatic heterocycles. The number of dihydropyridines is 1. The van der Waals surface area contributed by atoms with Gasteiger partial charge in [-0.05, 0) is 62.1 Å². The maximum absolute atomic E-state index is 13.5. The van der Waals surface area contributed by atoms with Crippen LogP contribution in [0.25, 0.3) is 0 Å². The van der Waals surface area contributed by atoms with E-state index in [0.29, 0.717) is 29.0 Å². The zero-order chi connectivity index (χ0) is 23.0. The number of aromatic hydroxyl groups is 1. The Morgan fingerprint density at radius 2 is 1.88 bits per heavy atom. The Hall–Kier alpha value is -2.76. The zero-order valence-corrected chi connectivity index (χ0v) is 19.4. The Balaban J connectivity index is 1.79. The third-order valence-corrected chi connectivity index (χ3v) is 6.82. The summed E-state index contributed by atoms with van der Waals surface area (Å²) in [4.78, 5) is 26.8. The molecule has 2 N–H and O–H groups in total. The largest absolute Gasteiger partial charge is 0.504 e. The summed E-state index contributed by atoms with van der Waals surface area (Å²) in [5, 5.41) is 13.5. The van der Waals surface area contributed by atoms with E-state index in [1.165, 1.54) is 13.5 Å². The van der Waals surface area contributed by atoms with Crippen LogP contribution in [0.1, 0.15) is 77.2 Å². The van der Waals surface area contributed by atoms with E-state index in [1.807, 2.05) is 6.92 Å². The molecule has 6 nitrogen and oxygen atoms in total. The van der Waals surface area contributed by atoms with Gasteiger partial charge >= 0.3 is 5.97 Å². The zero-order valence-electron chi connectivity index (χ0n) is 19.4. The Kier molecular flexibility index (Phi) is 6.06. The standard InChI is InChI=1S/C26H33NO5/c1-15-22(25(30)32-17-8-6-5-7-9-17)23(16-10-11-19(28)21(12-16)31-4)24-18(27-15)13-26(2,3)14-20(24)29/h10-12,17,23,27-28H,5-9,13-14H2,1-4H3/t23-/m0/s1. The number of ether oxygens (including phenoxy) is 2. The molecule has 0 saturated heterocycles. The molecule has 0 bridgehead atoms. The van der Waals surface area contributed by atoms with Crippen LogP contribution in [-0.4, -0.2) is 30.1 Å².